The standard InChI is InChI=1S/C21H29N3O2/c25-19(13-17-5-1-2-6-17)24-12-9-21(16-24)8-4-11-23(20(21)26)15-18-7-3-10-22-14-18/h3,7,10,14,17H,1-2,4-6,8-9,11-13,15-16H2/t21-/m1/s1. The lowest BCUT2D eigenvalue weighted by Gasteiger charge is -2.39. The summed E-state index contributed by atoms with van der Waals surface area (Å²) in [6, 6.07) is 3.94. The van der Waals surface area contributed by atoms with Gasteiger partial charge in [-0.1, -0.05) is 18.9 Å². The van der Waals surface area contributed by atoms with Crippen molar-refractivity contribution in [2.45, 2.75) is 57.9 Å². The molecule has 5 heteroatoms. The molecule has 0 aromatic carbocycles. The molecule has 3 fully saturated rings. The molecule has 0 unspecified atom stereocenters. The molecule has 1 saturated carbocycles. The van der Waals surface area contributed by atoms with E-state index in [1.807, 2.05) is 28.1 Å². The Labute approximate surface area is 155 Å². The average Bonchev–Trinajstić information content (AvgIpc) is 3.31. The van der Waals surface area contributed by atoms with Gasteiger partial charge in [0.2, 0.25) is 11.8 Å². The van der Waals surface area contributed by atoms with E-state index in [2.05, 4.69) is 4.98 Å². The first kappa shape index (κ1) is 17.5. The summed E-state index contributed by atoms with van der Waals surface area (Å²) in [4.78, 5) is 34.0. The Bertz CT molecular complexity index is 656. The number of pyridine rings is 1. The molecule has 0 N–H and O–H groups in total. The van der Waals surface area contributed by atoms with Gasteiger partial charge in [-0.2, -0.15) is 0 Å². The van der Waals surface area contributed by atoms with Crippen LogP contribution < -0.4 is 0 Å². The Morgan fingerprint density at radius 2 is 2.04 bits per heavy atom. The normalized spacial score (nSPS) is 26.8. The number of likely N-dealkylation sites (tertiary alicyclic amines) is 2. The molecular formula is C21H29N3O2. The lowest BCUT2D eigenvalue weighted by molar-refractivity contribution is -0.146. The second-order valence-electron chi connectivity index (χ2n) is 8.39. The zero-order valence-corrected chi connectivity index (χ0v) is 15.5. The Balaban J connectivity index is 1.39. The molecule has 1 spiro atoms. The summed E-state index contributed by atoms with van der Waals surface area (Å²) in [5, 5.41) is 0. The summed E-state index contributed by atoms with van der Waals surface area (Å²) in [5.74, 6) is 1.08. The highest BCUT2D eigenvalue weighted by molar-refractivity contribution is 5.86. The van der Waals surface area contributed by atoms with Gasteiger partial charge in [-0.15, -0.1) is 0 Å². The number of amides is 2. The van der Waals surface area contributed by atoms with Gasteiger partial charge in [0.1, 0.15) is 0 Å². The minimum absolute atomic E-state index is 0.240. The van der Waals surface area contributed by atoms with E-state index in [9.17, 15) is 9.59 Å². The van der Waals surface area contributed by atoms with Gasteiger partial charge in [0, 0.05) is 45.0 Å². The topological polar surface area (TPSA) is 53.5 Å². The number of piperidine rings is 1. The van der Waals surface area contributed by atoms with Crippen LogP contribution in [0.1, 0.15) is 56.9 Å². The summed E-state index contributed by atoms with van der Waals surface area (Å²) in [6.07, 6.45) is 12.0. The van der Waals surface area contributed by atoms with Crippen molar-refractivity contribution < 1.29 is 9.59 Å². The first-order chi connectivity index (χ1) is 12.7. The predicted octanol–water partition coefficient (Wildman–Crippen LogP) is 3.00. The smallest absolute Gasteiger partial charge is 0.230 e. The van der Waals surface area contributed by atoms with E-state index in [0.29, 0.717) is 25.4 Å². The van der Waals surface area contributed by atoms with E-state index in [1.54, 1.807) is 6.20 Å². The first-order valence-electron chi connectivity index (χ1n) is 10.1. The van der Waals surface area contributed by atoms with Gasteiger partial charge in [-0.05, 0) is 49.7 Å². The van der Waals surface area contributed by atoms with Crippen LogP contribution in [0.25, 0.3) is 0 Å². The number of rotatable bonds is 4. The van der Waals surface area contributed by atoms with Crippen LogP contribution in [0.2, 0.25) is 0 Å². The van der Waals surface area contributed by atoms with E-state index >= 15 is 0 Å². The maximum atomic E-state index is 13.2. The van der Waals surface area contributed by atoms with Crippen LogP contribution in [0.3, 0.4) is 0 Å². The highest BCUT2D eigenvalue weighted by atomic mass is 16.2. The number of carbonyl (C=O) groups is 2. The van der Waals surface area contributed by atoms with E-state index < -0.39 is 0 Å². The van der Waals surface area contributed by atoms with Crippen LogP contribution in [0.5, 0.6) is 0 Å². The zero-order chi connectivity index (χ0) is 18.0. The molecule has 2 amide bonds. The van der Waals surface area contributed by atoms with Crippen molar-refractivity contribution in [1.82, 2.24) is 14.8 Å². The number of hydrogen-bond acceptors (Lipinski definition) is 3. The summed E-state index contributed by atoms with van der Waals surface area (Å²) >= 11 is 0. The van der Waals surface area contributed by atoms with Crippen LogP contribution in [0.15, 0.2) is 24.5 Å². The molecule has 1 atom stereocenters. The van der Waals surface area contributed by atoms with Crippen molar-refractivity contribution in [3.63, 3.8) is 0 Å². The number of nitrogens with zero attached hydrogens (tertiary/aromatic N) is 3. The minimum Gasteiger partial charge on any atom is -0.342 e. The molecule has 1 aromatic heterocycles. The Morgan fingerprint density at radius 1 is 1.19 bits per heavy atom. The van der Waals surface area contributed by atoms with Crippen LogP contribution in [-0.4, -0.2) is 46.2 Å². The number of carbonyl (C=O) groups excluding carboxylic acids is 2. The van der Waals surface area contributed by atoms with Gasteiger partial charge in [0.05, 0.1) is 5.41 Å². The van der Waals surface area contributed by atoms with Crippen molar-refractivity contribution in [3.8, 4) is 0 Å². The largest absolute Gasteiger partial charge is 0.342 e. The lowest BCUT2D eigenvalue weighted by atomic mass is 9.78. The molecule has 2 saturated heterocycles. The predicted molar refractivity (Wildman–Crippen MR) is 99.1 cm³/mol. The van der Waals surface area contributed by atoms with Crippen molar-refractivity contribution in [3.05, 3.63) is 30.1 Å². The highest BCUT2D eigenvalue weighted by Gasteiger charge is 2.49. The third-order valence-corrected chi connectivity index (χ3v) is 6.57. The fourth-order valence-corrected chi connectivity index (χ4v) is 5.07. The monoisotopic (exact) mass is 355 g/mol. The summed E-state index contributed by atoms with van der Waals surface area (Å²) in [5.41, 5.74) is 0.733. The van der Waals surface area contributed by atoms with Gasteiger partial charge in [0.15, 0.2) is 0 Å². The SMILES string of the molecule is O=C(CC1CCCC1)N1CC[C@]2(CCCN(Cc3cccnc3)C2=O)C1. The Morgan fingerprint density at radius 3 is 2.81 bits per heavy atom. The van der Waals surface area contributed by atoms with Gasteiger partial charge in [-0.3, -0.25) is 14.6 Å². The van der Waals surface area contributed by atoms with Crippen LogP contribution in [0.4, 0.5) is 0 Å². The molecular weight excluding hydrogens is 326 g/mol. The molecule has 2 aliphatic heterocycles. The van der Waals surface area contributed by atoms with Gasteiger partial charge >= 0.3 is 0 Å². The van der Waals surface area contributed by atoms with Crippen LogP contribution in [-0.2, 0) is 16.1 Å². The molecule has 1 aromatic rings. The quantitative estimate of drug-likeness (QED) is 0.834. The van der Waals surface area contributed by atoms with E-state index in [1.165, 1.54) is 25.7 Å². The number of aromatic nitrogens is 1. The molecule has 5 nitrogen and oxygen atoms in total. The maximum absolute atomic E-state index is 13.2. The fraction of sp³-hybridized carbons (Fsp3) is 0.667. The Hall–Kier alpha value is -1.91. The second kappa shape index (κ2) is 7.37. The van der Waals surface area contributed by atoms with Crippen LogP contribution in [0, 0.1) is 11.3 Å². The first-order valence-corrected chi connectivity index (χ1v) is 10.1. The molecule has 1 aliphatic carbocycles. The van der Waals surface area contributed by atoms with Crippen molar-refractivity contribution in [2.75, 3.05) is 19.6 Å². The fourth-order valence-electron chi connectivity index (χ4n) is 5.07. The van der Waals surface area contributed by atoms with Crippen molar-refractivity contribution in [2.24, 2.45) is 11.3 Å². The minimum atomic E-state index is -0.341. The maximum Gasteiger partial charge on any atom is 0.230 e. The summed E-state index contributed by atoms with van der Waals surface area (Å²) < 4.78 is 0. The molecule has 0 radical (unpaired) electrons. The lowest BCUT2D eigenvalue weighted by Crippen LogP contribution is -2.50. The van der Waals surface area contributed by atoms with Crippen LogP contribution >= 0.6 is 0 Å². The van der Waals surface area contributed by atoms with E-state index in [4.69, 9.17) is 0 Å². The second-order valence-corrected chi connectivity index (χ2v) is 8.39. The van der Waals surface area contributed by atoms with Gasteiger partial charge in [-0.25, -0.2) is 0 Å². The highest BCUT2D eigenvalue weighted by Crippen LogP contribution is 2.41. The molecule has 4 rings (SSSR count). The van der Waals surface area contributed by atoms with Gasteiger partial charge < -0.3 is 9.80 Å². The van der Waals surface area contributed by atoms with Crippen molar-refractivity contribution in [1.29, 1.82) is 0 Å². The van der Waals surface area contributed by atoms with Crippen molar-refractivity contribution >= 4 is 11.8 Å². The molecule has 140 valence electrons. The third kappa shape index (κ3) is 3.49. The molecule has 3 aliphatic rings. The zero-order valence-electron chi connectivity index (χ0n) is 15.5. The summed E-state index contributed by atoms with van der Waals surface area (Å²) in [6.45, 7) is 2.81. The molecule has 3 heterocycles. The number of hydrogen-bond donors (Lipinski definition) is 0. The summed E-state index contributed by atoms with van der Waals surface area (Å²) in [7, 11) is 0. The molecule has 0 bridgehead atoms. The molecule has 26 heavy (non-hydrogen) atoms. The average molecular weight is 355 g/mol. The van der Waals surface area contributed by atoms with E-state index in [0.717, 1.165) is 37.9 Å². The Kier molecular flexibility index (Phi) is 4.96. The third-order valence-electron chi connectivity index (χ3n) is 6.57. The van der Waals surface area contributed by atoms with E-state index in [-0.39, 0.29) is 17.2 Å². The van der Waals surface area contributed by atoms with Gasteiger partial charge in [0.25, 0.3) is 0 Å².